The van der Waals surface area contributed by atoms with Crippen molar-refractivity contribution in [2.24, 2.45) is 0 Å². The van der Waals surface area contributed by atoms with Gasteiger partial charge in [-0.3, -0.25) is 4.18 Å². The van der Waals surface area contributed by atoms with E-state index in [9.17, 15) is 13.5 Å². The van der Waals surface area contributed by atoms with Crippen LogP contribution in [0.25, 0.3) is 0 Å². The molecule has 0 saturated heterocycles. The van der Waals surface area contributed by atoms with Crippen molar-refractivity contribution >= 4 is 10.1 Å². The average Bonchev–Trinajstić information content (AvgIpc) is 2.38. The average molecular weight is 306 g/mol. The smallest absolute Gasteiger partial charge is 0.264 e. The monoisotopic (exact) mass is 306 g/mol. The lowest BCUT2D eigenvalue weighted by Gasteiger charge is -1.98. The predicted octanol–water partition coefficient (Wildman–Crippen LogP) is 1.09. The standard InChI is InChI=1S/C11H17NO2.C2H6O3S/c1-14-9-4-2-3-7-12-8-5-6-11(13)10-12;1-5-6(2,3)4/h5-6,8,10H,2-4,7,9H2,1H3;1-2H3/p+1. The fraction of sp³-hybridized carbons (Fsp3) is 0.615. The fourth-order valence-corrected chi connectivity index (χ4v) is 1.36. The molecule has 0 aliphatic heterocycles. The normalized spacial score (nSPS) is 10.8. The Hall–Kier alpha value is -1.18. The van der Waals surface area contributed by atoms with E-state index in [1.807, 2.05) is 16.8 Å². The maximum absolute atomic E-state index is 9.78. The highest BCUT2D eigenvalue weighted by Crippen LogP contribution is 2.01. The zero-order valence-electron chi connectivity index (χ0n) is 12.3. The van der Waals surface area contributed by atoms with Gasteiger partial charge in [0.05, 0.1) is 13.4 Å². The summed E-state index contributed by atoms with van der Waals surface area (Å²) in [4.78, 5) is 0. The Kier molecular flexibility index (Phi) is 9.96. The second kappa shape index (κ2) is 10.6. The van der Waals surface area contributed by atoms with Crippen LogP contribution in [0.15, 0.2) is 24.5 Å². The second-order valence-corrected chi connectivity index (χ2v) is 5.97. The van der Waals surface area contributed by atoms with Crippen LogP contribution in [0.3, 0.4) is 0 Å². The van der Waals surface area contributed by atoms with E-state index < -0.39 is 10.1 Å². The first-order chi connectivity index (χ1) is 9.39. The number of hydrogen-bond acceptors (Lipinski definition) is 5. The Morgan fingerprint density at radius 3 is 2.40 bits per heavy atom. The van der Waals surface area contributed by atoms with E-state index in [2.05, 4.69) is 4.18 Å². The van der Waals surface area contributed by atoms with Gasteiger partial charge in [-0.15, -0.1) is 0 Å². The molecule has 116 valence electrons. The zero-order valence-corrected chi connectivity index (χ0v) is 13.1. The van der Waals surface area contributed by atoms with Crippen molar-refractivity contribution in [2.45, 2.75) is 25.8 Å². The third kappa shape index (κ3) is 11.9. The molecule has 1 aromatic heterocycles. The van der Waals surface area contributed by atoms with E-state index in [1.54, 1.807) is 19.4 Å². The van der Waals surface area contributed by atoms with Gasteiger partial charge >= 0.3 is 0 Å². The van der Waals surface area contributed by atoms with Crippen LogP contribution in [0.1, 0.15) is 19.3 Å². The molecule has 0 amide bonds. The Labute approximate surface area is 121 Å². The van der Waals surface area contributed by atoms with Crippen LogP contribution in [0.5, 0.6) is 5.75 Å². The third-order valence-electron chi connectivity index (χ3n) is 2.41. The third-order valence-corrected chi connectivity index (χ3v) is 3.02. The van der Waals surface area contributed by atoms with Crippen LogP contribution in [0, 0.1) is 0 Å². The van der Waals surface area contributed by atoms with Crippen LogP contribution >= 0.6 is 0 Å². The van der Waals surface area contributed by atoms with Gasteiger partial charge in [0.1, 0.15) is 6.54 Å². The molecule has 6 nitrogen and oxygen atoms in total. The quantitative estimate of drug-likeness (QED) is 0.463. The van der Waals surface area contributed by atoms with Crippen LogP contribution in [-0.4, -0.2) is 40.6 Å². The van der Waals surface area contributed by atoms with Gasteiger partial charge in [0.15, 0.2) is 11.9 Å². The highest BCUT2D eigenvalue weighted by molar-refractivity contribution is 7.85. The maximum Gasteiger partial charge on any atom is 0.264 e. The molecule has 0 aliphatic rings. The highest BCUT2D eigenvalue weighted by atomic mass is 32.2. The number of rotatable bonds is 7. The molecule has 7 heteroatoms. The van der Waals surface area contributed by atoms with E-state index in [4.69, 9.17) is 4.74 Å². The molecule has 0 aromatic carbocycles. The van der Waals surface area contributed by atoms with Gasteiger partial charge in [-0.1, -0.05) is 0 Å². The number of pyridine rings is 1. The first-order valence-corrected chi connectivity index (χ1v) is 8.13. The molecule has 1 N–H and O–H groups in total. The minimum atomic E-state index is -3.16. The molecule has 0 unspecified atom stereocenters. The Balaban J connectivity index is 0.000000511. The summed E-state index contributed by atoms with van der Waals surface area (Å²) in [5.74, 6) is 0.324. The largest absolute Gasteiger partial charge is 0.503 e. The minimum Gasteiger partial charge on any atom is -0.503 e. The van der Waals surface area contributed by atoms with Crippen LogP contribution in [0.4, 0.5) is 0 Å². The molecule has 1 rings (SSSR count). The molecule has 0 aliphatic carbocycles. The van der Waals surface area contributed by atoms with Crippen LogP contribution in [-0.2, 0) is 25.6 Å². The Morgan fingerprint density at radius 2 is 1.90 bits per heavy atom. The van der Waals surface area contributed by atoms with Crippen molar-refractivity contribution in [3.8, 4) is 5.75 Å². The number of aryl methyl sites for hydroxylation is 1. The van der Waals surface area contributed by atoms with E-state index in [1.165, 1.54) is 0 Å². The van der Waals surface area contributed by atoms with Crippen molar-refractivity contribution in [1.29, 1.82) is 0 Å². The van der Waals surface area contributed by atoms with Crippen LogP contribution in [0.2, 0.25) is 0 Å². The van der Waals surface area contributed by atoms with Crippen LogP contribution < -0.4 is 4.57 Å². The Bertz CT molecular complexity index is 462. The molecule has 20 heavy (non-hydrogen) atoms. The van der Waals surface area contributed by atoms with Gasteiger partial charge in [0.2, 0.25) is 6.20 Å². The van der Waals surface area contributed by atoms with Crippen molar-refractivity contribution < 1.29 is 27.0 Å². The highest BCUT2D eigenvalue weighted by Gasteiger charge is 2.00. The molecule has 0 fully saturated rings. The predicted molar refractivity (Wildman–Crippen MR) is 75.9 cm³/mol. The summed E-state index contributed by atoms with van der Waals surface area (Å²) >= 11 is 0. The first kappa shape index (κ1) is 18.8. The topological polar surface area (TPSA) is 76.7 Å². The fourth-order valence-electron chi connectivity index (χ4n) is 1.36. The summed E-state index contributed by atoms with van der Waals surface area (Å²) in [6.45, 7) is 1.79. The molecule has 1 aromatic rings. The first-order valence-electron chi connectivity index (χ1n) is 6.31. The lowest BCUT2D eigenvalue weighted by Crippen LogP contribution is -2.32. The molecular weight excluding hydrogens is 282 g/mol. The summed E-state index contributed by atoms with van der Waals surface area (Å²) in [5, 5.41) is 9.21. The lowest BCUT2D eigenvalue weighted by atomic mass is 10.2. The molecule has 0 atom stereocenters. The van der Waals surface area contributed by atoms with E-state index in [0.29, 0.717) is 5.75 Å². The number of aromatic hydroxyl groups is 1. The maximum atomic E-state index is 9.78. The molecule has 1 heterocycles. The van der Waals surface area contributed by atoms with E-state index >= 15 is 0 Å². The van der Waals surface area contributed by atoms with E-state index in [-0.39, 0.29) is 0 Å². The molecule has 0 bridgehead atoms. The molecule has 0 saturated carbocycles. The summed E-state index contributed by atoms with van der Waals surface area (Å²) < 4.78 is 30.4. The van der Waals surface area contributed by atoms with Gasteiger partial charge in [-0.05, 0) is 18.9 Å². The molecular formula is C13H24NO5S+. The van der Waals surface area contributed by atoms with Crippen molar-refractivity contribution in [3.05, 3.63) is 24.5 Å². The number of unbranched alkanes of at least 4 members (excludes halogenated alkanes) is 2. The van der Waals surface area contributed by atoms with Crippen molar-refractivity contribution in [3.63, 3.8) is 0 Å². The van der Waals surface area contributed by atoms with Crippen molar-refractivity contribution in [2.75, 3.05) is 27.1 Å². The summed E-state index contributed by atoms with van der Waals surface area (Å²) in [6.07, 6.45) is 8.10. The summed E-state index contributed by atoms with van der Waals surface area (Å²) in [7, 11) is -0.315. The number of ether oxygens (including phenoxy) is 1. The number of aromatic nitrogens is 1. The number of hydrogen-bond donors (Lipinski definition) is 1. The van der Waals surface area contributed by atoms with Gasteiger partial charge in [0.25, 0.3) is 10.1 Å². The summed E-state index contributed by atoms with van der Waals surface area (Å²) in [6, 6.07) is 3.53. The van der Waals surface area contributed by atoms with Gasteiger partial charge < -0.3 is 9.84 Å². The van der Waals surface area contributed by atoms with Gasteiger partial charge in [-0.2, -0.15) is 8.42 Å². The Morgan fingerprint density at radius 1 is 1.25 bits per heavy atom. The van der Waals surface area contributed by atoms with Gasteiger partial charge in [-0.25, -0.2) is 4.57 Å². The SMILES string of the molecule is COCCCCC[n+]1cccc(O)c1.COS(C)(=O)=O. The van der Waals surface area contributed by atoms with E-state index in [0.717, 1.165) is 45.8 Å². The molecule has 0 radical (unpaired) electrons. The lowest BCUT2D eigenvalue weighted by molar-refractivity contribution is -0.697. The number of methoxy groups -OCH3 is 1. The van der Waals surface area contributed by atoms with Gasteiger partial charge in [0, 0.05) is 26.2 Å². The van der Waals surface area contributed by atoms with Crippen molar-refractivity contribution in [1.82, 2.24) is 0 Å². The summed E-state index contributed by atoms with van der Waals surface area (Å²) in [5.41, 5.74) is 0. The molecule has 0 spiro atoms. The number of nitrogens with zero attached hydrogens (tertiary/aromatic N) is 1. The second-order valence-electron chi connectivity index (χ2n) is 4.22. The zero-order chi connectivity index (χ0) is 15.4. The minimum absolute atomic E-state index is 0.324.